The molecule has 1 aliphatic heterocycles. The van der Waals surface area contributed by atoms with Gasteiger partial charge in [-0.1, -0.05) is 12.1 Å². The first-order valence-electron chi connectivity index (χ1n) is 9.91. The lowest BCUT2D eigenvalue weighted by molar-refractivity contribution is -0.117. The summed E-state index contributed by atoms with van der Waals surface area (Å²) in [5.74, 6) is 0.130. The van der Waals surface area contributed by atoms with Gasteiger partial charge in [0.05, 0.1) is 29.4 Å². The van der Waals surface area contributed by atoms with Crippen molar-refractivity contribution in [3.8, 4) is 0 Å². The van der Waals surface area contributed by atoms with Crippen LogP contribution in [-0.2, 0) is 4.79 Å². The van der Waals surface area contributed by atoms with Crippen LogP contribution in [0.1, 0.15) is 38.4 Å². The second-order valence-electron chi connectivity index (χ2n) is 7.66. The summed E-state index contributed by atoms with van der Waals surface area (Å²) in [6.45, 7) is 5.12. The summed E-state index contributed by atoms with van der Waals surface area (Å²) in [5, 5.41) is 14.2. The van der Waals surface area contributed by atoms with Gasteiger partial charge in [-0.3, -0.25) is 14.8 Å². The van der Waals surface area contributed by atoms with Crippen molar-refractivity contribution in [2.45, 2.75) is 38.8 Å². The number of carbonyl (C=O) groups excluding carboxylic acids is 1. The number of fused-ring (bicyclic) bond motifs is 1. The van der Waals surface area contributed by atoms with E-state index in [0.29, 0.717) is 0 Å². The van der Waals surface area contributed by atoms with Crippen LogP contribution in [0.15, 0.2) is 36.4 Å². The van der Waals surface area contributed by atoms with Crippen molar-refractivity contribution in [3.05, 3.63) is 47.9 Å². The Morgan fingerprint density at radius 1 is 1.31 bits per heavy atom. The number of para-hydroxylation sites is 1. The number of pyridine rings is 1. The van der Waals surface area contributed by atoms with Crippen LogP contribution in [0.25, 0.3) is 11.0 Å². The number of carbonyl (C=O) groups is 1. The molecule has 3 aromatic rings. The van der Waals surface area contributed by atoms with E-state index in [4.69, 9.17) is 4.98 Å². The molecule has 0 spiro atoms. The van der Waals surface area contributed by atoms with Gasteiger partial charge in [0.2, 0.25) is 5.91 Å². The molecular formula is C21H25FN6O. The highest BCUT2D eigenvalue weighted by molar-refractivity contribution is 5.92. The number of aromatic nitrogens is 3. The second kappa shape index (κ2) is 8.16. The molecule has 0 bridgehead atoms. The minimum absolute atomic E-state index is 0.0515. The molecule has 1 unspecified atom stereocenters. The molecule has 3 heterocycles. The summed E-state index contributed by atoms with van der Waals surface area (Å²) in [4.78, 5) is 19.3. The Balaban J connectivity index is 1.48. The van der Waals surface area contributed by atoms with Gasteiger partial charge in [-0.05, 0) is 57.5 Å². The molecule has 29 heavy (non-hydrogen) atoms. The number of rotatable bonds is 6. The fraction of sp³-hybridized carbons (Fsp3) is 0.381. The molecule has 0 radical (unpaired) electrons. The molecule has 1 aliphatic rings. The van der Waals surface area contributed by atoms with Crippen LogP contribution in [0.3, 0.4) is 0 Å². The number of likely N-dealkylation sites (tertiary alicyclic amines) is 1. The van der Waals surface area contributed by atoms with E-state index in [1.54, 1.807) is 18.2 Å². The Bertz CT molecular complexity index is 1020. The van der Waals surface area contributed by atoms with Crippen LogP contribution < -0.4 is 10.6 Å². The van der Waals surface area contributed by atoms with E-state index in [0.717, 1.165) is 41.9 Å². The lowest BCUT2D eigenvalue weighted by Crippen LogP contribution is -2.33. The van der Waals surface area contributed by atoms with Gasteiger partial charge < -0.3 is 10.6 Å². The Labute approximate surface area is 168 Å². The van der Waals surface area contributed by atoms with Crippen LogP contribution >= 0.6 is 0 Å². The molecule has 152 valence electrons. The molecule has 1 aromatic carbocycles. The van der Waals surface area contributed by atoms with Gasteiger partial charge in [-0.2, -0.15) is 5.10 Å². The highest BCUT2D eigenvalue weighted by atomic mass is 19.1. The monoisotopic (exact) mass is 396 g/mol. The highest BCUT2D eigenvalue weighted by Gasteiger charge is 2.29. The van der Waals surface area contributed by atoms with Gasteiger partial charge in [-0.25, -0.2) is 9.37 Å². The zero-order valence-corrected chi connectivity index (χ0v) is 16.6. The summed E-state index contributed by atoms with van der Waals surface area (Å²) >= 11 is 0. The largest absolute Gasteiger partial charge is 0.366 e. The lowest BCUT2D eigenvalue weighted by Gasteiger charge is -2.23. The molecule has 8 heteroatoms. The van der Waals surface area contributed by atoms with Crippen molar-refractivity contribution < 1.29 is 9.18 Å². The first-order chi connectivity index (χ1) is 14.0. The third kappa shape index (κ3) is 4.22. The first kappa shape index (κ1) is 19.3. The third-order valence-corrected chi connectivity index (χ3v) is 5.07. The number of amides is 1. The Morgan fingerprint density at radius 3 is 2.93 bits per heavy atom. The van der Waals surface area contributed by atoms with Gasteiger partial charge in [0, 0.05) is 6.04 Å². The number of nitrogens with zero attached hydrogens (tertiary/aromatic N) is 3. The minimum Gasteiger partial charge on any atom is -0.366 e. The molecule has 1 saturated heterocycles. The van der Waals surface area contributed by atoms with Gasteiger partial charge in [0.25, 0.3) is 0 Å². The first-order valence-corrected chi connectivity index (χ1v) is 9.91. The number of aromatic amines is 1. The van der Waals surface area contributed by atoms with Crippen LogP contribution in [-0.4, -0.2) is 45.1 Å². The van der Waals surface area contributed by atoms with Crippen molar-refractivity contribution in [2.24, 2.45) is 0 Å². The van der Waals surface area contributed by atoms with Crippen LogP contribution in [0.4, 0.5) is 15.9 Å². The zero-order valence-electron chi connectivity index (χ0n) is 16.6. The maximum absolute atomic E-state index is 13.8. The number of hydrogen-bond donors (Lipinski definition) is 3. The van der Waals surface area contributed by atoms with Gasteiger partial charge in [0.1, 0.15) is 5.82 Å². The van der Waals surface area contributed by atoms with Crippen LogP contribution in [0, 0.1) is 5.82 Å². The zero-order chi connectivity index (χ0) is 20.4. The third-order valence-electron chi connectivity index (χ3n) is 5.07. The van der Waals surface area contributed by atoms with Gasteiger partial charge >= 0.3 is 0 Å². The summed E-state index contributed by atoms with van der Waals surface area (Å²) in [6, 6.07) is 10.5. The number of H-pyrrole nitrogens is 1. The normalized spacial score (nSPS) is 17.2. The maximum Gasteiger partial charge on any atom is 0.238 e. The number of halogens is 1. The van der Waals surface area contributed by atoms with E-state index < -0.39 is 5.82 Å². The summed E-state index contributed by atoms with van der Waals surface area (Å²) in [7, 11) is 0. The molecule has 4 rings (SSSR count). The lowest BCUT2D eigenvalue weighted by atomic mass is 10.1. The Morgan fingerprint density at radius 2 is 2.14 bits per heavy atom. The molecule has 3 N–H and O–H groups in total. The van der Waals surface area contributed by atoms with Crippen LogP contribution in [0.5, 0.6) is 0 Å². The fourth-order valence-electron chi connectivity index (χ4n) is 3.78. The molecule has 2 aromatic heterocycles. The smallest absolute Gasteiger partial charge is 0.238 e. The molecule has 0 saturated carbocycles. The average Bonchev–Trinajstić information content (AvgIpc) is 3.30. The average molecular weight is 396 g/mol. The van der Waals surface area contributed by atoms with E-state index in [9.17, 15) is 9.18 Å². The summed E-state index contributed by atoms with van der Waals surface area (Å²) in [5.41, 5.74) is 1.84. The standard InChI is InChI=1S/C21H25FN6O/c1-13(2)23-20-14-9-10-17(25-21(14)27-26-20)18-8-5-11-28(18)12-19(29)24-16-7-4-3-6-15(16)22/h3-4,6-7,9-10,13,18H,5,8,11-12H2,1-2H3,(H,24,29)(H2,23,25,26,27). The topological polar surface area (TPSA) is 85.9 Å². The van der Waals surface area contributed by atoms with E-state index in [1.165, 1.54) is 6.07 Å². The number of benzene rings is 1. The number of hydrogen-bond acceptors (Lipinski definition) is 5. The van der Waals surface area contributed by atoms with Crippen molar-refractivity contribution >= 4 is 28.4 Å². The van der Waals surface area contributed by atoms with Crippen LogP contribution in [0.2, 0.25) is 0 Å². The second-order valence-corrected chi connectivity index (χ2v) is 7.66. The maximum atomic E-state index is 13.8. The molecule has 0 aliphatic carbocycles. The highest BCUT2D eigenvalue weighted by Crippen LogP contribution is 2.32. The van der Waals surface area contributed by atoms with E-state index in [1.807, 2.05) is 12.1 Å². The van der Waals surface area contributed by atoms with Crippen molar-refractivity contribution in [1.29, 1.82) is 0 Å². The quantitative estimate of drug-likeness (QED) is 0.592. The minimum atomic E-state index is -0.434. The van der Waals surface area contributed by atoms with Gasteiger partial charge in [0.15, 0.2) is 11.5 Å². The molecule has 1 atom stereocenters. The van der Waals surface area contributed by atoms with Crippen molar-refractivity contribution in [2.75, 3.05) is 23.7 Å². The predicted molar refractivity (Wildman–Crippen MR) is 111 cm³/mol. The Kier molecular flexibility index (Phi) is 5.44. The Hall–Kier alpha value is -3.00. The van der Waals surface area contributed by atoms with E-state index in [-0.39, 0.29) is 30.2 Å². The predicted octanol–water partition coefficient (Wildman–Crippen LogP) is 3.69. The fourth-order valence-corrected chi connectivity index (χ4v) is 3.78. The van der Waals surface area contributed by atoms with E-state index >= 15 is 0 Å². The summed E-state index contributed by atoms with van der Waals surface area (Å²) in [6.07, 6.45) is 1.91. The van der Waals surface area contributed by atoms with Crippen molar-refractivity contribution in [3.63, 3.8) is 0 Å². The molecule has 1 fully saturated rings. The number of nitrogens with one attached hydrogen (secondary N) is 3. The van der Waals surface area contributed by atoms with E-state index in [2.05, 4.69) is 39.6 Å². The molecule has 7 nitrogen and oxygen atoms in total. The van der Waals surface area contributed by atoms with Gasteiger partial charge in [-0.15, -0.1) is 0 Å². The molecule has 1 amide bonds. The summed E-state index contributed by atoms with van der Waals surface area (Å²) < 4.78 is 13.8. The molecular weight excluding hydrogens is 371 g/mol. The van der Waals surface area contributed by atoms with Crippen molar-refractivity contribution in [1.82, 2.24) is 20.1 Å². The SMILES string of the molecule is CC(C)Nc1n[nH]c2nc(C3CCCN3CC(=O)Nc3ccccc3F)ccc12. The number of anilines is 2.